The third kappa shape index (κ3) is 4.97. The molecular weight excluding hydrogens is 512 g/mol. The molecule has 4 aromatic heterocycles. The first-order chi connectivity index (χ1) is 18.1. The number of aliphatic hydroxyl groups is 1. The van der Waals surface area contributed by atoms with Crippen LogP contribution in [0.5, 0.6) is 0 Å². The van der Waals surface area contributed by atoms with Crippen molar-refractivity contribution in [2.45, 2.75) is 37.6 Å². The fourth-order valence-electron chi connectivity index (χ4n) is 4.05. The van der Waals surface area contributed by atoms with Gasteiger partial charge >= 0.3 is 6.18 Å². The molecule has 0 aliphatic carbocycles. The Labute approximate surface area is 211 Å². The molecule has 1 aliphatic heterocycles. The monoisotopic (exact) mass is 532 g/mol. The van der Waals surface area contributed by atoms with Crippen LogP contribution in [0.3, 0.4) is 0 Å². The number of amides is 1. The molecule has 38 heavy (non-hydrogen) atoms. The van der Waals surface area contributed by atoms with Gasteiger partial charge in [-0.2, -0.15) is 13.2 Å². The number of ether oxygens (including phenoxy) is 1. The number of pyridine rings is 2. The number of anilines is 1. The number of hydrogen-bond donors (Lipinski definition) is 3. The minimum absolute atomic E-state index is 0.0288. The summed E-state index contributed by atoms with van der Waals surface area (Å²) in [5.41, 5.74) is -0.186. The second kappa shape index (κ2) is 9.90. The van der Waals surface area contributed by atoms with E-state index in [1.807, 2.05) is 0 Å². The fourth-order valence-corrected chi connectivity index (χ4v) is 4.05. The van der Waals surface area contributed by atoms with Gasteiger partial charge in [0.25, 0.3) is 0 Å². The van der Waals surface area contributed by atoms with Gasteiger partial charge in [-0.15, -0.1) is 0 Å². The van der Waals surface area contributed by atoms with Crippen LogP contribution in [0.1, 0.15) is 23.9 Å². The van der Waals surface area contributed by atoms with Gasteiger partial charge in [0, 0.05) is 31.4 Å². The topological polar surface area (TPSA) is 140 Å². The van der Waals surface area contributed by atoms with Gasteiger partial charge in [0.15, 0.2) is 29.0 Å². The van der Waals surface area contributed by atoms with E-state index in [4.69, 9.17) is 4.74 Å². The molecule has 1 saturated heterocycles. The minimum atomic E-state index is -4.54. The number of aromatic nitrogens is 6. The van der Waals surface area contributed by atoms with Crippen LogP contribution in [-0.2, 0) is 22.3 Å². The van der Waals surface area contributed by atoms with E-state index in [9.17, 15) is 27.5 Å². The van der Waals surface area contributed by atoms with Crippen LogP contribution in [0, 0.1) is 5.82 Å². The fraction of sp³-hybridized carbons (Fsp3) is 0.304. The summed E-state index contributed by atoms with van der Waals surface area (Å²) in [7, 11) is 1.45. The largest absolute Gasteiger partial charge is 0.416 e. The predicted molar refractivity (Wildman–Crippen MR) is 124 cm³/mol. The summed E-state index contributed by atoms with van der Waals surface area (Å²) < 4.78 is 60.4. The standard InChI is InChI=1S/C23H20F4N8O3/c1-28-21(37)16-6-15(36)22(38-16)35-10-32-17-19(31-9-14-5-12(2-3-30-14)23(25,26)27)33-18(34-20(17)35)11-4-13(24)8-29-7-11/h2-5,7-8,10,15-16,22,36H,6,9H2,1H3,(H,28,37)(H,31,33,34)/t15-,16+,22-/m1/s1. The van der Waals surface area contributed by atoms with Crippen LogP contribution < -0.4 is 10.6 Å². The Bertz CT molecular complexity index is 1500. The number of carbonyl (C=O) groups excluding carboxylic acids is 1. The van der Waals surface area contributed by atoms with Gasteiger partial charge in [-0.1, -0.05) is 0 Å². The van der Waals surface area contributed by atoms with Crippen LogP contribution in [-0.4, -0.2) is 59.8 Å². The molecule has 1 amide bonds. The molecule has 0 saturated carbocycles. The highest BCUT2D eigenvalue weighted by Gasteiger charge is 2.39. The summed E-state index contributed by atoms with van der Waals surface area (Å²) in [5, 5.41) is 16.0. The number of carbonyl (C=O) groups is 1. The van der Waals surface area contributed by atoms with Gasteiger partial charge in [0.1, 0.15) is 18.0 Å². The Kier molecular flexibility index (Phi) is 6.62. The molecule has 0 spiro atoms. The number of likely N-dealkylation sites (N-methyl/N-ethyl adjacent to an activating group) is 1. The highest BCUT2D eigenvalue weighted by molar-refractivity contribution is 5.85. The molecule has 3 atom stereocenters. The quantitative estimate of drug-likeness (QED) is 0.320. The zero-order chi connectivity index (χ0) is 27.0. The van der Waals surface area contributed by atoms with Gasteiger partial charge < -0.3 is 20.5 Å². The molecule has 15 heteroatoms. The molecule has 1 aliphatic rings. The second-order valence-corrected chi connectivity index (χ2v) is 8.43. The van der Waals surface area contributed by atoms with Gasteiger partial charge in [-0.3, -0.25) is 19.3 Å². The zero-order valence-corrected chi connectivity index (χ0v) is 19.6. The molecule has 198 valence electrons. The van der Waals surface area contributed by atoms with Crippen molar-refractivity contribution in [2.75, 3.05) is 12.4 Å². The zero-order valence-electron chi connectivity index (χ0n) is 19.6. The van der Waals surface area contributed by atoms with E-state index >= 15 is 0 Å². The lowest BCUT2D eigenvalue weighted by molar-refractivity contribution is -0.137. The normalized spacial score (nSPS) is 19.6. The SMILES string of the molecule is CNC(=O)[C@@H]1C[C@@H](O)[C@H](n2cnc3c(NCc4cc(C(F)(F)F)ccn4)nc(-c4cncc(F)c4)nc32)O1. The van der Waals surface area contributed by atoms with Gasteiger partial charge in [-0.25, -0.2) is 19.3 Å². The number of fused-ring (bicyclic) bond motifs is 1. The molecule has 1 fully saturated rings. The van der Waals surface area contributed by atoms with Gasteiger partial charge in [-0.05, 0) is 18.2 Å². The average molecular weight is 532 g/mol. The maximum absolute atomic E-state index is 13.9. The lowest BCUT2D eigenvalue weighted by atomic mass is 10.2. The van der Waals surface area contributed by atoms with E-state index in [1.54, 1.807) is 0 Å². The molecular formula is C23H20F4N8O3. The summed E-state index contributed by atoms with van der Waals surface area (Å²) in [6, 6.07) is 2.93. The third-order valence-electron chi connectivity index (χ3n) is 5.87. The first-order valence-electron chi connectivity index (χ1n) is 11.3. The van der Waals surface area contributed by atoms with Crippen molar-refractivity contribution in [3.63, 3.8) is 0 Å². The molecule has 0 bridgehead atoms. The van der Waals surface area contributed by atoms with Crippen molar-refractivity contribution >= 4 is 22.9 Å². The predicted octanol–water partition coefficient (Wildman–Crippen LogP) is 2.45. The molecule has 3 N–H and O–H groups in total. The number of nitrogens with zero attached hydrogens (tertiary/aromatic N) is 6. The molecule has 0 unspecified atom stereocenters. The Morgan fingerprint density at radius 1 is 1.24 bits per heavy atom. The van der Waals surface area contributed by atoms with E-state index in [1.165, 1.54) is 24.1 Å². The maximum Gasteiger partial charge on any atom is 0.416 e. The van der Waals surface area contributed by atoms with Crippen molar-refractivity contribution in [2.24, 2.45) is 0 Å². The Balaban J connectivity index is 1.54. The summed E-state index contributed by atoms with van der Waals surface area (Å²) in [6.07, 6.45) is -2.78. The number of rotatable bonds is 6. The van der Waals surface area contributed by atoms with Crippen LogP contribution in [0.2, 0.25) is 0 Å². The number of alkyl halides is 3. The minimum Gasteiger partial charge on any atom is -0.388 e. The van der Waals surface area contributed by atoms with Crippen LogP contribution in [0.4, 0.5) is 23.4 Å². The first-order valence-corrected chi connectivity index (χ1v) is 11.3. The lowest BCUT2D eigenvalue weighted by Gasteiger charge is -2.17. The van der Waals surface area contributed by atoms with Gasteiger partial charge in [0.05, 0.1) is 30.3 Å². The highest BCUT2D eigenvalue weighted by atomic mass is 19.4. The van der Waals surface area contributed by atoms with Crippen molar-refractivity contribution in [1.29, 1.82) is 0 Å². The van der Waals surface area contributed by atoms with Crippen molar-refractivity contribution in [1.82, 2.24) is 34.8 Å². The number of halogens is 4. The van der Waals surface area contributed by atoms with E-state index in [-0.39, 0.29) is 47.0 Å². The molecule has 4 aromatic rings. The molecule has 11 nitrogen and oxygen atoms in total. The number of hydrogen-bond acceptors (Lipinski definition) is 9. The number of imidazole rings is 1. The van der Waals surface area contributed by atoms with E-state index < -0.39 is 41.9 Å². The van der Waals surface area contributed by atoms with Crippen molar-refractivity contribution in [3.05, 3.63) is 60.2 Å². The third-order valence-corrected chi connectivity index (χ3v) is 5.87. The summed E-state index contributed by atoms with van der Waals surface area (Å²) >= 11 is 0. The number of nitrogens with one attached hydrogen (secondary N) is 2. The molecule has 0 aromatic carbocycles. The smallest absolute Gasteiger partial charge is 0.388 e. The van der Waals surface area contributed by atoms with E-state index in [2.05, 4.69) is 35.6 Å². The lowest BCUT2D eigenvalue weighted by Crippen LogP contribution is -2.31. The van der Waals surface area contributed by atoms with E-state index in [0.29, 0.717) is 0 Å². The van der Waals surface area contributed by atoms with Gasteiger partial charge in [0.2, 0.25) is 5.91 Å². The van der Waals surface area contributed by atoms with Crippen LogP contribution in [0.25, 0.3) is 22.6 Å². The number of aliphatic hydroxyl groups excluding tert-OH is 1. The summed E-state index contributed by atoms with van der Waals surface area (Å²) in [5.74, 6) is -0.901. The molecule has 5 rings (SSSR count). The van der Waals surface area contributed by atoms with Crippen molar-refractivity contribution in [3.8, 4) is 11.4 Å². The Morgan fingerprint density at radius 3 is 2.79 bits per heavy atom. The first kappa shape index (κ1) is 25.4. The van der Waals surface area contributed by atoms with Crippen molar-refractivity contribution < 1.29 is 32.2 Å². The summed E-state index contributed by atoms with van der Waals surface area (Å²) in [6.45, 7) is -0.148. The van der Waals surface area contributed by atoms with Crippen LogP contribution in [0.15, 0.2) is 43.1 Å². The Morgan fingerprint density at radius 2 is 2.05 bits per heavy atom. The summed E-state index contributed by atoms with van der Waals surface area (Å²) in [4.78, 5) is 33.0. The average Bonchev–Trinajstić information content (AvgIpc) is 3.49. The Hall–Kier alpha value is -4.24. The highest BCUT2D eigenvalue weighted by Crippen LogP contribution is 2.34. The molecule has 0 radical (unpaired) electrons. The molecule has 5 heterocycles. The maximum atomic E-state index is 13.9. The van der Waals surface area contributed by atoms with E-state index in [0.717, 1.165) is 30.6 Å². The second-order valence-electron chi connectivity index (χ2n) is 8.43. The van der Waals surface area contributed by atoms with Crippen LogP contribution >= 0.6 is 0 Å².